The zero-order chi connectivity index (χ0) is 20.2. The van der Waals surface area contributed by atoms with Crippen molar-refractivity contribution in [1.29, 1.82) is 0 Å². The third-order valence-electron chi connectivity index (χ3n) is 5.30. The third kappa shape index (κ3) is 4.59. The standard InChI is InChI=1S/C23H23FN4O/c1-16-12-14-28(15-13-16)22-11-10-21(26-27-22)17-4-8-20(9-5-17)25-23(29)18-2-6-19(24)7-3-18/h2-11,16H,12-15H2,1H3,(H,25,29). The molecule has 29 heavy (non-hydrogen) atoms. The second-order valence-electron chi connectivity index (χ2n) is 7.48. The average molecular weight is 390 g/mol. The van der Waals surface area contributed by atoms with Crippen LogP contribution in [0.25, 0.3) is 11.3 Å². The topological polar surface area (TPSA) is 58.1 Å². The predicted octanol–water partition coefficient (Wildman–Crippen LogP) is 4.77. The number of halogens is 1. The quantitative estimate of drug-likeness (QED) is 0.697. The van der Waals surface area contributed by atoms with Crippen molar-refractivity contribution in [2.75, 3.05) is 23.3 Å². The van der Waals surface area contributed by atoms with Crippen molar-refractivity contribution in [2.45, 2.75) is 19.8 Å². The second kappa shape index (κ2) is 8.39. The molecule has 5 nitrogen and oxygen atoms in total. The van der Waals surface area contributed by atoms with Crippen LogP contribution in [0.1, 0.15) is 30.1 Å². The van der Waals surface area contributed by atoms with Crippen molar-refractivity contribution in [1.82, 2.24) is 10.2 Å². The lowest BCUT2D eigenvalue weighted by atomic mass is 9.99. The van der Waals surface area contributed by atoms with Crippen molar-refractivity contribution in [3.05, 3.63) is 72.0 Å². The molecule has 1 saturated heterocycles. The zero-order valence-corrected chi connectivity index (χ0v) is 16.3. The molecule has 1 aromatic heterocycles. The number of carbonyl (C=O) groups is 1. The van der Waals surface area contributed by atoms with E-state index < -0.39 is 0 Å². The minimum absolute atomic E-state index is 0.280. The molecule has 0 radical (unpaired) electrons. The first-order valence-electron chi connectivity index (χ1n) is 9.84. The molecular formula is C23H23FN4O. The van der Waals surface area contributed by atoms with Gasteiger partial charge in [0.25, 0.3) is 5.91 Å². The van der Waals surface area contributed by atoms with E-state index in [9.17, 15) is 9.18 Å². The maximum absolute atomic E-state index is 13.0. The van der Waals surface area contributed by atoms with Gasteiger partial charge in [-0.25, -0.2) is 4.39 Å². The van der Waals surface area contributed by atoms with E-state index in [0.717, 1.165) is 36.1 Å². The lowest BCUT2D eigenvalue weighted by Crippen LogP contribution is -2.33. The molecule has 0 aliphatic carbocycles. The van der Waals surface area contributed by atoms with Crippen LogP contribution in [0.2, 0.25) is 0 Å². The maximum Gasteiger partial charge on any atom is 0.255 e. The lowest BCUT2D eigenvalue weighted by Gasteiger charge is -2.30. The zero-order valence-electron chi connectivity index (χ0n) is 16.3. The summed E-state index contributed by atoms with van der Waals surface area (Å²) >= 11 is 0. The Morgan fingerprint density at radius 1 is 0.966 bits per heavy atom. The number of nitrogens with one attached hydrogen (secondary N) is 1. The molecule has 6 heteroatoms. The minimum atomic E-state index is -0.368. The van der Waals surface area contributed by atoms with Crippen LogP contribution in [0.4, 0.5) is 15.9 Å². The van der Waals surface area contributed by atoms with E-state index in [-0.39, 0.29) is 11.7 Å². The van der Waals surface area contributed by atoms with Gasteiger partial charge in [0.2, 0.25) is 0 Å². The van der Waals surface area contributed by atoms with Gasteiger partial charge in [-0.1, -0.05) is 19.1 Å². The van der Waals surface area contributed by atoms with Gasteiger partial charge in [0.15, 0.2) is 5.82 Å². The van der Waals surface area contributed by atoms with E-state index in [1.807, 2.05) is 36.4 Å². The van der Waals surface area contributed by atoms with E-state index in [0.29, 0.717) is 11.3 Å². The number of nitrogens with zero attached hydrogens (tertiary/aromatic N) is 3. The van der Waals surface area contributed by atoms with Gasteiger partial charge >= 0.3 is 0 Å². The Hall–Kier alpha value is -3.28. The molecule has 1 N–H and O–H groups in total. The van der Waals surface area contributed by atoms with Crippen LogP contribution in [-0.4, -0.2) is 29.2 Å². The molecule has 1 aliphatic heterocycles. The third-order valence-corrected chi connectivity index (χ3v) is 5.30. The first-order chi connectivity index (χ1) is 14.1. The first-order valence-corrected chi connectivity index (χ1v) is 9.84. The summed E-state index contributed by atoms with van der Waals surface area (Å²) in [4.78, 5) is 14.5. The average Bonchev–Trinajstić information content (AvgIpc) is 2.75. The van der Waals surface area contributed by atoms with Crippen molar-refractivity contribution in [3.8, 4) is 11.3 Å². The van der Waals surface area contributed by atoms with E-state index in [2.05, 4.69) is 27.3 Å². The predicted molar refractivity (Wildman–Crippen MR) is 112 cm³/mol. The molecule has 1 aliphatic rings. The lowest BCUT2D eigenvalue weighted by molar-refractivity contribution is 0.102. The molecule has 2 heterocycles. The van der Waals surface area contributed by atoms with Crippen LogP contribution >= 0.6 is 0 Å². The van der Waals surface area contributed by atoms with Gasteiger partial charge in [0.1, 0.15) is 5.82 Å². The van der Waals surface area contributed by atoms with Gasteiger partial charge in [0.05, 0.1) is 5.69 Å². The summed E-state index contributed by atoms with van der Waals surface area (Å²) < 4.78 is 13.0. The summed E-state index contributed by atoms with van der Waals surface area (Å²) in [5.74, 6) is 1.05. The summed E-state index contributed by atoms with van der Waals surface area (Å²) in [7, 11) is 0. The fourth-order valence-electron chi connectivity index (χ4n) is 3.41. The first kappa shape index (κ1) is 19.1. The molecular weight excluding hydrogens is 367 g/mol. The summed E-state index contributed by atoms with van der Waals surface area (Å²) in [6.45, 7) is 4.34. The normalized spacial score (nSPS) is 14.6. The van der Waals surface area contributed by atoms with Gasteiger partial charge in [-0.05, 0) is 67.3 Å². The number of carbonyl (C=O) groups excluding carboxylic acids is 1. The molecule has 0 spiro atoms. The number of amides is 1. The van der Waals surface area contributed by atoms with Crippen LogP contribution < -0.4 is 10.2 Å². The number of aromatic nitrogens is 2. The van der Waals surface area contributed by atoms with Gasteiger partial charge in [-0.3, -0.25) is 4.79 Å². The van der Waals surface area contributed by atoms with E-state index in [4.69, 9.17) is 0 Å². The summed E-state index contributed by atoms with van der Waals surface area (Å²) in [5, 5.41) is 11.6. The van der Waals surface area contributed by atoms with Crippen LogP contribution in [-0.2, 0) is 0 Å². The molecule has 0 saturated carbocycles. The van der Waals surface area contributed by atoms with Gasteiger partial charge in [0, 0.05) is 29.9 Å². The number of hydrogen-bond acceptors (Lipinski definition) is 4. The second-order valence-corrected chi connectivity index (χ2v) is 7.48. The largest absolute Gasteiger partial charge is 0.355 e. The smallest absolute Gasteiger partial charge is 0.255 e. The summed E-state index contributed by atoms with van der Waals surface area (Å²) in [5.41, 5.74) is 2.78. The molecule has 3 aromatic rings. The number of benzene rings is 2. The SMILES string of the molecule is CC1CCN(c2ccc(-c3ccc(NC(=O)c4ccc(F)cc4)cc3)nn2)CC1. The molecule has 4 rings (SSSR count). The molecule has 2 aromatic carbocycles. The van der Waals surface area contributed by atoms with Crippen LogP contribution in [0.15, 0.2) is 60.7 Å². The fraction of sp³-hybridized carbons (Fsp3) is 0.261. The maximum atomic E-state index is 13.0. The Balaban J connectivity index is 1.41. The summed E-state index contributed by atoms with van der Waals surface area (Å²) in [6.07, 6.45) is 2.38. The van der Waals surface area contributed by atoms with Gasteiger partial charge in [-0.2, -0.15) is 0 Å². The van der Waals surface area contributed by atoms with Crippen molar-refractivity contribution in [3.63, 3.8) is 0 Å². The van der Waals surface area contributed by atoms with E-state index in [1.54, 1.807) is 0 Å². The molecule has 0 unspecified atom stereocenters. The van der Waals surface area contributed by atoms with Crippen LogP contribution in [0.5, 0.6) is 0 Å². The van der Waals surface area contributed by atoms with Crippen molar-refractivity contribution < 1.29 is 9.18 Å². The Labute approximate surface area is 169 Å². The number of hydrogen-bond donors (Lipinski definition) is 1. The van der Waals surface area contributed by atoms with Crippen molar-refractivity contribution >= 4 is 17.4 Å². The highest BCUT2D eigenvalue weighted by molar-refractivity contribution is 6.04. The highest BCUT2D eigenvalue weighted by Crippen LogP contribution is 2.24. The van der Waals surface area contributed by atoms with E-state index in [1.165, 1.54) is 37.1 Å². The fourth-order valence-corrected chi connectivity index (χ4v) is 3.41. The van der Waals surface area contributed by atoms with Gasteiger partial charge in [-0.15, -0.1) is 10.2 Å². The van der Waals surface area contributed by atoms with Crippen LogP contribution in [0.3, 0.4) is 0 Å². The highest BCUT2D eigenvalue weighted by atomic mass is 19.1. The number of piperidine rings is 1. The van der Waals surface area contributed by atoms with Gasteiger partial charge < -0.3 is 10.2 Å². The Morgan fingerprint density at radius 2 is 1.66 bits per heavy atom. The summed E-state index contributed by atoms with van der Waals surface area (Å²) in [6, 6.07) is 16.9. The van der Waals surface area contributed by atoms with Crippen LogP contribution in [0, 0.1) is 11.7 Å². The Kier molecular flexibility index (Phi) is 5.51. The molecule has 148 valence electrons. The molecule has 0 atom stereocenters. The number of anilines is 2. The molecule has 0 bridgehead atoms. The Bertz CT molecular complexity index is 963. The minimum Gasteiger partial charge on any atom is -0.355 e. The Morgan fingerprint density at radius 3 is 2.28 bits per heavy atom. The van der Waals surface area contributed by atoms with E-state index >= 15 is 0 Å². The highest BCUT2D eigenvalue weighted by Gasteiger charge is 2.17. The number of rotatable bonds is 4. The molecule has 1 amide bonds. The monoisotopic (exact) mass is 390 g/mol. The molecule has 1 fully saturated rings. The van der Waals surface area contributed by atoms with Crippen molar-refractivity contribution in [2.24, 2.45) is 5.92 Å².